The molecule has 7 nitrogen and oxygen atoms in total. The molecule has 1 saturated carbocycles. The molecule has 3 rings (SSSR count). The third kappa shape index (κ3) is 4.09. The van der Waals surface area contributed by atoms with Crippen molar-refractivity contribution in [2.75, 3.05) is 0 Å². The van der Waals surface area contributed by atoms with Crippen molar-refractivity contribution >= 4 is 11.8 Å². The lowest BCUT2D eigenvalue weighted by Crippen LogP contribution is -2.30. The molecule has 2 aromatic rings. The van der Waals surface area contributed by atoms with Gasteiger partial charge in [-0.3, -0.25) is 9.59 Å². The van der Waals surface area contributed by atoms with Crippen LogP contribution in [0.2, 0.25) is 0 Å². The summed E-state index contributed by atoms with van der Waals surface area (Å²) in [7, 11) is 0. The molecule has 26 heavy (non-hydrogen) atoms. The van der Waals surface area contributed by atoms with Gasteiger partial charge in [0.15, 0.2) is 5.69 Å². The summed E-state index contributed by atoms with van der Waals surface area (Å²) in [6.07, 6.45) is 3.65. The van der Waals surface area contributed by atoms with E-state index in [4.69, 9.17) is 0 Å². The number of amides is 2. The summed E-state index contributed by atoms with van der Waals surface area (Å²) in [5.41, 5.74) is 2.56. The molecule has 0 spiro atoms. The number of carbonyl (C=O) groups is 2. The van der Waals surface area contributed by atoms with E-state index in [9.17, 15) is 9.59 Å². The van der Waals surface area contributed by atoms with Crippen molar-refractivity contribution < 1.29 is 9.59 Å². The van der Waals surface area contributed by atoms with Crippen LogP contribution in [0.15, 0.2) is 24.3 Å². The zero-order valence-electron chi connectivity index (χ0n) is 15.5. The normalized spacial score (nSPS) is 13.7. The van der Waals surface area contributed by atoms with E-state index in [-0.39, 0.29) is 23.9 Å². The second-order valence-electron chi connectivity index (χ2n) is 6.97. The molecular weight excluding hydrogens is 330 g/mol. The van der Waals surface area contributed by atoms with Crippen LogP contribution in [0.25, 0.3) is 5.69 Å². The Morgan fingerprint density at radius 3 is 2.46 bits per heavy atom. The lowest BCUT2D eigenvalue weighted by atomic mass is 10.1. The van der Waals surface area contributed by atoms with Crippen molar-refractivity contribution in [3.8, 4) is 5.69 Å². The first-order valence-electron chi connectivity index (χ1n) is 9.16. The van der Waals surface area contributed by atoms with Crippen LogP contribution < -0.4 is 10.6 Å². The number of nitrogens with one attached hydrogen (secondary N) is 2. The number of benzene rings is 1. The number of aromatic nitrogens is 3. The average molecular weight is 355 g/mol. The fourth-order valence-corrected chi connectivity index (χ4v) is 2.73. The Morgan fingerprint density at radius 1 is 1.19 bits per heavy atom. The quantitative estimate of drug-likeness (QED) is 0.797. The molecular formula is C19H25N5O2. The van der Waals surface area contributed by atoms with Crippen LogP contribution in [0.5, 0.6) is 0 Å². The molecule has 0 aliphatic heterocycles. The molecule has 7 heteroatoms. The second-order valence-corrected chi connectivity index (χ2v) is 6.97. The zero-order valence-corrected chi connectivity index (χ0v) is 15.5. The predicted octanol–water partition coefficient (Wildman–Crippen LogP) is 2.25. The molecule has 2 N–H and O–H groups in total. The SMILES string of the molecule is CCCc1c(C(=O)NC2CC2)nnn1-c1ccc(C(=O)NC(C)C)cc1. The molecule has 0 saturated heterocycles. The maximum absolute atomic E-state index is 12.4. The van der Waals surface area contributed by atoms with Gasteiger partial charge in [-0.05, 0) is 57.4 Å². The predicted molar refractivity (Wildman–Crippen MR) is 98.4 cm³/mol. The molecule has 0 atom stereocenters. The van der Waals surface area contributed by atoms with Crippen molar-refractivity contribution in [2.45, 2.75) is 58.5 Å². The molecule has 1 aliphatic carbocycles. The highest BCUT2D eigenvalue weighted by Crippen LogP contribution is 2.21. The Labute approximate surface area is 153 Å². The van der Waals surface area contributed by atoms with Gasteiger partial charge in [0, 0.05) is 17.6 Å². The number of nitrogens with zero attached hydrogens (tertiary/aromatic N) is 3. The maximum atomic E-state index is 12.4. The van der Waals surface area contributed by atoms with Crippen LogP contribution in [0.3, 0.4) is 0 Å². The van der Waals surface area contributed by atoms with Gasteiger partial charge in [0.25, 0.3) is 11.8 Å². The molecule has 1 aromatic carbocycles. The molecule has 138 valence electrons. The Bertz CT molecular complexity index is 791. The van der Waals surface area contributed by atoms with Crippen LogP contribution in [0, 0.1) is 0 Å². The minimum atomic E-state index is -0.157. The minimum absolute atomic E-state index is 0.0844. The molecule has 0 bridgehead atoms. The summed E-state index contributed by atoms with van der Waals surface area (Å²) < 4.78 is 1.69. The smallest absolute Gasteiger partial charge is 0.273 e. The summed E-state index contributed by atoms with van der Waals surface area (Å²) in [6.45, 7) is 5.90. The number of rotatable bonds is 7. The van der Waals surface area contributed by atoms with Crippen LogP contribution in [0.1, 0.15) is 66.6 Å². The van der Waals surface area contributed by atoms with E-state index in [2.05, 4.69) is 27.9 Å². The van der Waals surface area contributed by atoms with Gasteiger partial charge in [0.2, 0.25) is 0 Å². The van der Waals surface area contributed by atoms with Crippen LogP contribution >= 0.6 is 0 Å². The van der Waals surface area contributed by atoms with Crippen molar-refractivity contribution in [3.63, 3.8) is 0 Å². The fraction of sp³-hybridized carbons (Fsp3) is 0.474. The minimum Gasteiger partial charge on any atom is -0.350 e. The molecule has 1 fully saturated rings. The van der Waals surface area contributed by atoms with E-state index in [0.717, 1.165) is 30.6 Å². The Balaban J connectivity index is 1.84. The van der Waals surface area contributed by atoms with Crippen LogP contribution in [-0.2, 0) is 6.42 Å². The van der Waals surface area contributed by atoms with E-state index in [1.54, 1.807) is 16.8 Å². The van der Waals surface area contributed by atoms with Gasteiger partial charge < -0.3 is 10.6 Å². The summed E-state index contributed by atoms with van der Waals surface area (Å²) in [4.78, 5) is 24.5. The first-order chi connectivity index (χ1) is 12.5. The molecule has 1 aliphatic rings. The van der Waals surface area contributed by atoms with E-state index in [1.165, 1.54) is 0 Å². The average Bonchev–Trinajstić information content (AvgIpc) is 3.32. The number of carbonyl (C=O) groups excluding carboxylic acids is 2. The summed E-state index contributed by atoms with van der Waals surface area (Å²) >= 11 is 0. The van der Waals surface area contributed by atoms with Crippen molar-refractivity contribution in [1.29, 1.82) is 0 Å². The van der Waals surface area contributed by atoms with Gasteiger partial charge in [-0.25, -0.2) is 4.68 Å². The lowest BCUT2D eigenvalue weighted by molar-refractivity contribution is 0.0935. The summed E-state index contributed by atoms with van der Waals surface area (Å²) in [6, 6.07) is 7.53. The molecule has 1 aromatic heterocycles. The monoisotopic (exact) mass is 355 g/mol. The van der Waals surface area contributed by atoms with Gasteiger partial charge in [0.05, 0.1) is 11.4 Å². The fourth-order valence-electron chi connectivity index (χ4n) is 2.73. The van der Waals surface area contributed by atoms with Crippen molar-refractivity contribution in [2.24, 2.45) is 0 Å². The van der Waals surface area contributed by atoms with E-state index in [1.807, 2.05) is 26.0 Å². The van der Waals surface area contributed by atoms with Gasteiger partial charge in [0.1, 0.15) is 0 Å². The summed E-state index contributed by atoms with van der Waals surface area (Å²) in [5, 5.41) is 14.1. The van der Waals surface area contributed by atoms with Crippen LogP contribution in [0.4, 0.5) is 0 Å². The molecule has 1 heterocycles. The largest absolute Gasteiger partial charge is 0.350 e. The van der Waals surface area contributed by atoms with Crippen LogP contribution in [-0.4, -0.2) is 38.9 Å². The summed E-state index contributed by atoms with van der Waals surface area (Å²) in [5.74, 6) is -0.265. The first kappa shape index (κ1) is 18.1. The standard InChI is InChI=1S/C19H25N5O2/c1-4-5-16-17(19(26)21-14-8-9-14)22-23-24(16)15-10-6-13(7-11-15)18(25)20-12(2)3/h6-7,10-12,14H,4-5,8-9H2,1-3H3,(H,20,25)(H,21,26). The van der Waals surface area contributed by atoms with Gasteiger partial charge >= 0.3 is 0 Å². The highest BCUT2D eigenvalue weighted by Gasteiger charge is 2.27. The Morgan fingerprint density at radius 2 is 1.88 bits per heavy atom. The molecule has 2 amide bonds. The zero-order chi connectivity index (χ0) is 18.7. The third-order valence-corrected chi connectivity index (χ3v) is 4.17. The van der Waals surface area contributed by atoms with Gasteiger partial charge in [-0.2, -0.15) is 0 Å². The number of hydrogen-bond donors (Lipinski definition) is 2. The van der Waals surface area contributed by atoms with Gasteiger partial charge in [-0.1, -0.05) is 18.6 Å². The van der Waals surface area contributed by atoms with Gasteiger partial charge in [-0.15, -0.1) is 5.10 Å². The highest BCUT2D eigenvalue weighted by molar-refractivity contribution is 5.95. The second kappa shape index (κ2) is 7.68. The van der Waals surface area contributed by atoms with Crippen molar-refractivity contribution in [3.05, 3.63) is 41.2 Å². The maximum Gasteiger partial charge on any atom is 0.273 e. The Kier molecular flexibility index (Phi) is 5.35. The van der Waals surface area contributed by atoms with E-state index < -0.39 is 0 Å². The van der Waals surface area contributed by atoms with E-state index in [0.29, 0.717) is 17.7 Å². The van der Waals surface area contributed by atoms with E-state index >= 15 is 0 Å². The number of hydrogen-bond acceptors (Lipinski definition) is 4. The highest BCUT2D eigenvalue weighted by atomic mass is 16.2. The molecule has 0 radical (unpaired) electrons. The lowest BCUT2D eigenvalue weighted by Gasteiger charge is -2.10. The van der Waals surface area contributed by atoms with Crippen molar-refractivity contribution in [1.82, 2.24) is 25.6 Å². The first-order valence-corrected chi connectivity index (χ1v) is 9.16. The topological polar surface area (TPSA) is 88.9 Å². The molecule has 0 unspecified atom stereocenters. The third-order valence-electron chi connectivity index (χ3n) is 4.17. The Hall–Kier alpha value is -2.70.